The Morgan fingerprint density at radius 1 is 1.20 bits per heavy atom. The maximum Gasteiger partial charge on any atom is 0.208 e. The molecule has 0 aliphatic carbocycles. The summed E-state index contributed by atoms with van der Waals surface area (Å²) in [6, 6.07) is 10.0. The number of nitrogens with one attached hydrogen (secondary N) is 1. The van der Waals surface area contributed by atoms with Crippen LogP contribution in [-0.4, -0.2) is 31.0 Å². The summed E-state index contributed by atoms with van der Waals surface area (Å²) in [6.07, 6.45) is 1.84. The molecule has 1 heterocycles. The molecule has 5 nitrogen and oxygen atoms in total. The molecule has 2 aromatic rings. The van der Waals surface area contributed by atoms with E-state index in [1.807, 2.05) is 48.9 Å². The van der Waals surface area contributed by atoms with Gasteiger partial charge in [-0.25, -0.2) is 17.8 Å². The van der Waals surface area contributed by atoms with Gasteiger partial charge in [-0.15, -0.1) is 0 Å². The summed E-state index contributed by atoms with van der Waals surface area (Å²) >= 11 is 0. The van der Waals surface area contributed by atoms with Crippen LogP contribution in [0.1, 0.15) is 17.0 Å². The summed E-state index contributed by atoms with van der Waals surface area (Å²) in [6.45, 7) is 4.40. The van der Waals surface area contributed by atoms with Crippen LogP contribution in [0.4, 0.5) is 0 Å². The van der Waals surface area contributed by atoms with Crippen LogP contribution in [-0.2, 0) is 16.4 Å². The van der Waals surface area contributed by atoms with Crippen molar-refractivity contribution in [2.24, 2.45) is 0 Å². The molecule has 0 radical (unpaired) electrons. The minimum Gasteiger partial charge on any atom is -0.238 e. The molecule has 1 aromatic carbocycles. The number of aromatic nitrogens is 2. The van der Waals surface area contributed by atoms with Crippen molar-refractivity contribution in [3.8, 4) is 5.69 Å². The zero-order valence-corrected chi connectivity index (χ0v) is 12.7. The van der Waals surface area contributed by atoms with E-state index in [1.165, 1.54) is 6.26 Å². The van der Waals surface area contributed by atoms with E-state index in [-0.39, 0.29) is 0 Å². The SMILES string of the molecule is Cc1cc(C)n(-c2ccc(CCNS(C)(=O)=O)cc2)n1. The van der Waals surface area contributed by atoms with Crippen LogP contribution in [0.2, 0.25) is 0 Å². The summed E-state index contributed by atoms with van der Waals surface area (Å²) in [5.41, 5.74) is 4.18. The first-order valence-corrected chi connectivity index (χ1v) is 8.31. The van der Waals surface area contributed by atoms with Gasteiger partial charge in [-0.1, -0.05) is 12.1 Å². The van der Waals surface area contributed by atoms with Crippen molar-refractivity contribution in [2.75, 3.05) is 12.8 Å². The van der Waals surface area contributed by atoms with E-state index >= 15 is 0 Å². The van der Waals surface area contributed by atoms with Crippen LogP contribution in [0.5, 0.6) is 0 Å². The van der Waals surface area contributed by atoms with Gasteiger partial charge in [-0.3, -0.25) is 0 Å². The van der Waals surface area contributed by atoms with Gasteiger partial charge in [0, 0.05) is 12.2 Å². The molecule has 0 aliphatic rings. The Morgan fingerprint density at radius 2 is 1.85 bits per heavy atom. The third-order valence-corrected chi connectivity index (χ3v) is 3.70. The average Bonchev–Trinajstić information content (AvgIpc) is 2.68. The van der Waals surface area contributed by atoms with Gasteiger partial charge in [0.15, 0.2) is 0 Å². The molecule has 0 bridgehead atoms. The summed E-state index contributed by atoms with van der Waals surface area (Å²) in [5.74, 6) is 0. The molecule has 0 aliphatic heterocycles. The molecule has 0 saturated carbocycles. The number of hydrogen-bond donors (Lipinski definition) is 1. The van der Waals surface area contributed by atoms with Crippen molar-refractivity contribution in [3.05, 3.63) is 47.3 Å². The molecular weight excluding hydrogens is 274 g/mol. The van der Waals surface area contributed by atoms with Crippen molar-refractivity contribution < 1.29 is 8.42 Å². The van der Waals surface area contributed by atoms with Crippen molar-refractivity contribution in [1.29, 1.82) is 0 Å². The van der Waals surface area contributed by atoms with Gasteiger partial charge >= 0.3 is 0 Å². The second-order valence-corrected chi connectivity index (χ2v) is 6.75. The Balaban J connectivity index is 2.05. The first-order valence-electron chi connectivity index (χ1n) is 6.42. The number of sulfonamides is 1. The molecule has 0 spiro atoms. The van der Waals surface area contributed by atoms with E-state index in [9.17, 15) is 8.42 Å². The third kappa shape index (κ3) is 3.91. The standard InChI is InChI=1S/C14H19N3O2S/c1-11-10-12(2)17(16-11)14-6-4-13(5-7-14)8-9-15-20(3,18)19/h4-7,10,15H,8-9H2,1-3H3. The van der Waals surface area contributed by atoms with E-state index in [4.69, 9.17) is 0 Å². The van der Waals surface area contributed by atoms with Crippen LogP contribution in [0.25, 0.3) is 5.69 Å². The molecule has 0 atom stereocenters. The molecule has 108 valence electrons. The maximum atomic E-state index is 11.0. The molecule has 20 heavy (non-hydrogen) atoms. The van der Waals surface area contributed by atoms with Gasteiger partial charge in [-0.05, 0) is 44.0 Å². The zero-order valence-electron chi connectivity index (χ0n) is 11.9. The number of rotatable bonds is 5. The first kappa shape index (κ1) is 14.7. The van der Waals surface area contributed by atoms with Gasteiger partial charge in [-0.2, -0.15) is 5.10 Å². The van der Waals surface area contributed by atoms with E-state index < -0.39 is 10.0 Å². The second kappa shape index (κ2) is 5.76. The molecule has 0 saturated heterocycles. The molecular formula is C14H19N3O2S. The summed E-state index contributed by atoms with van der Waals surface area (Å²) in [5, 5.41) is 4.43. The van der Waals surface area contributed by atoms with Crippen LogP contribution in [0.3, 0.4) is 0 Å². The highest BCUT2D eigenvalue weighted by molar-refractivity contribution is 7.88. The fourth-order valence-electron chi connectivity index (χ4n) is 2.07. The van der Waals surface area contributed by atoms with Crippen molar-refractivity contribution in [2.45, 2.75) is 20.3 Å². The Kier molecular flexibility index (Phi) is 4.25. The number of nitrogens with zero attached hydrogens (tertiary/aromatic N) is 2. The van der Waals surface area contributed by atoms with Gasteiger partial charge in [0.25, 0.3) is 0 Å². The minimum atomic E-state index is -3.11. The largest absolute Gasteiger partial charge is 0.238 e. The molecule has 2 rings (SSSR count). The molecule has 0 unspecified atom stereocenters. The van der Waals surface area contributed by atoms with Gasteiger partial charge in [0.2, 0.25) is 10.0 Å². The topological polar surface area (TPSA) is 64.0 Å². The zero-order chi connectivity index (χ0) is 14.8. The highest BCUT2D eigenvalue weighted by Crippen LogP contribution is 2.13. The quantitative estimate of drug-likeness (QED) is 0.910. The van der Waals surface area contributed by atoms with Crippen LogP contribution < -0.4 is 4.72 Å². The monoisotopic (exact) mass is 293 g/mol. The lowest BCUT2D eigenvalue weighted by Crippen LogP contribution is -2.24. The Labute approximate surface area is 119 Å². The van der Waals surface area contributed by atoms with Crippen molar-refractivity contribution >= 4 is 10.0 Å². The van der Waals surface area contributed by atoms with E-state index in [0.717, 1.165) is 22.6 Å². The summed E-state index contributed by atoms with van der Waals surface area (Å²) in [7, 11) is -3.11. The predicted molar refractivity (Wildman–Crippen MR) is 79.6 cm³/mol. The molecule has 0 fully saturated rings. The van der Waals surface area contributed by atoms with Crippen molar-refractivity contribution in [3.63, 3.8) is 0 Å². The second-order valence-electron chi connectivity index (χ2n) is 4.92. The Morgan fingerprint density at radius 3 is 2.35 bits per heavy atom. The highest BCUT2D eigenvalue weighted by Gasteiger charge is 2.04. The van der Waals surface area contributed by atoms with Crippen LogP contribution in [0.15, 0.2) is 30.3 Å². The number of hydrogen-bond acceptors (Lipinski definition) is 3. The smallest absolute Gasteiger partial charge is 0.208 e. The number of aryl methyl sites for hydroxylation is 2. The molecule has 0 amide bonds. The van der Waals surface area contributed by atoms with Crippen LogP contribution >= 0.6 is 0 Å². The van der Waals surface area contributed by atoms with Gasteiger partial charge < -0.3 is 0 Å². The summed E-state index contributed by atoms with van der Waals surface area (Å²) in [4.78, 5) is 0. The van der Waals surface area contributed by atoms with Crippen LogP contribution in [0, 0.1) is 13.8 Å². The molecule has 1 N–H and O–H groups in total. The normalized spacial score (nSPS) is 11.8. The van der Waals surface area contributed by atoms with E-state index in [0.29, 0.717) is 13.0 Å². The fraction of sp³-hybridized carbons (Fsp3) is 0.357. The lowest BCUT2D eigenvalue weighted by Gasteiger charge is -2.06. The average molecular weight is 293 g/mol. The Hall–Kier alpha value is -1.66. The Bertz CT molecular complexity index is 688. The predicted octanol–water partition coefficient (Wildman–Crippen LogP) is 1.58. The lowest BCUT2D eigenvalue weighted by molar-refractivity contribution is 0.588. The first-order chi connectivity index (χ1) is 9.35. The molecule has 1 aromatic heterocycles. The third-order valence-electron chi connectivity index (χ3n) is 2.97. The van der Waals surface area contributed by atoms with E-state index in [1.54, 1.807) is 0 Å². The minimum absolute atomic E-state index is 0.415. The van der Waals surface area contributed by atoms with Gasteiger partial charge in [0.05, 0.1) is 17.6 Å². The maximum absolute atomic E-state index is 11.0. The van der Waals surface area contributed by atoms with Gasteiger partial charge in [0.1, 0.15) is 0 Å². The highest BCUT2D eigenvalue weighted by atomic mass is 32.2. The number of benzene rings is 1. The van der Waals surface area contributed by atoms with Crippen molar-refractivity contribution in [1.82, 2.24) is 14.5 Å². The van der Waals surface area contributed by atoms with E-state index in [2.05, 4.69) is 9.82 Å². The molecule has 6 heteroatoms. The fourth-order valence-corrected chi connectivity index (χ4v) is 2.55. The lowest BCUT2D eigenvalue weighted by atomic mass is 10.1. The summed E-state index contributed by atoms with van der Waals surface area (Å²) < 4.78 is 26.3.